The number of nitrogens with one attached hydrogen (secondary N) is 1. The molecule has 0 radical (unpaired) electrons. The van der Waals surface area contributed by atoms with Crippen LogP contribution in [-0.4, -0.2) is 45.7 Å². The van der Waals surface area contributed by atoms with Gasteiger partial charge in [0.2, 0.25) is 6.79 Å². The van der Waals surface area contributed by atoms with E-state index in [4.69, 9.17) is 24.7 Å². The molecule has 9 heteroatoms. The highest BCUT2D eigenvalue weighted by Crippen LogP contribution is 2.32. The first kappa shape index (κ1) is 22.0. The third-order valence-corrected chi connectivity index (χ3v) is 4.22. The molecule has 0 aliphatic carbocycles. The Labute approximate surface area is 161 Å². The van der Waals surface area contributed by atoms with Gasteiger partial charge in [0.15, 0.2) is 0 Å². The molecule has 0 heterocycles. The van der Waals surface area contributed by atoms with Crippen molar-refractivity contribution in [1.29, 1.82) is 0 Å². The van der Waals surface area contributed by atoms with Crippen LogP contribution in [0.2, 0.25) is 0 Å². The molecule has 0 aliphatic heterocycles. The van der Waals surface area contributed by atoms with Crippen molar-refractivity contribution in [2.24, 2.45) is 11.7 Å². The number of amides is 1. The summed E-state index contributed by atoms with van der Waals surface area (Å²) >= 11 is 3.39. The van der Waals surface area contributed by atoms with Gasteiger partial charge in [-0.3, -0.25) is 4.79 Å². The van der Waals surface area contributed by atoms with E-state index in [-0.39, 0.29) is 5.92 Å². The summed E-state index contributed by atoms with van der Waals surface area (Å²) < 4.78 is 20.9. The maximum Gasteiger partial charge on any atom is 0.410 e. The van der Waals surface area contributed by atoms with Crippen LogP contribution in [0, 0.1) is 5.92 Å². The molecule has 1 aromatic rings. The van der Waals surface area contributed by atoms with Gasteiger partial charge in [-0.25, -0.2) is 4.79 Å². The van der Waals surface area contributed by atoms with E-state index in [0.717, 1.165) is 10.0 Å². The van der Waals surface area contributed by atoms with Crippen molar-refractivity contribution < 1.29 is 28.5 Å². The van der Waals surface area contributed by atoms with Crippen LogP contribution in [0.15, 0.2) is 16.6 Å². The van der Waals surface area contributed by atoms with Gasteiger partial charge in [-0.1, -0.05) is 13.8 Å². The number of alkyl carbamates (subject to hydrolysis) is 1. The Kier molecular flexibility index (Phi) is 9.22. The highest BCUT2D eigenvalue weighted by Gasteiger charge is 2.19. The van der Waals surface area contributed by atoms with Crippen LogP contribution in [0.4, 0.5) is 4.79 Å². The number of hydrogen-bond donors (Lipinski definition) is 2. The lowest BCUT2D eigenvalue weighted by Crippen LogP contribution is -2.38. The number of ether oxygens (including phenoxy) is 4. The van der Waals surface area contributed by atoms with Gasteiger partial charge in [-0.2, -0.15) is 0 Å². The van der Waals surface area contributed by atoms with Crippen molar-refractivity contribution in [2.75, 3.05) is 27.6 Å². The zero-order valence-corrected chi connectivity index (χ0v) is 16.9. The monoisotopic (exact) mass is 432 g/mol. The van der Waals surface area contributed by atoms with Crippen LogP contribution < -0.4 is 20.5 Å². The molecule has 1 rings (SSSR count). The molecule has 1 atom stereocenters. The van der Waals surface area contributed by atoms with Crippen LogP contribution in [0.5, 0.6) is 11.5 Å². The summed E-state index contributed by atoms with van der Waals surface area (Å²) in [7, 11) is 3.13. The van der Waals surface area contributed by atoms with Gasteiger partial charge in [0.25, 0.3) is 0 Å². The summed E-state index contributed by atoms with van der Waals surface area (Å²) in [4.78, 5) is 23.2. The fourth-order valence-corrected chi connectivity index (χ4v) is 2.46. The van der Waals surface area contributed by atoms with Gasteiger partial charge >= 0.3 is 12.1 Å². The molecule has 1 amide bonds. The zero-order chi connectivity index (χ0) is 19.7. The molecule has 0 fully saturated rings. The van der Waals surface area contributed by atoms with Crippen molar-refractivity contribution in [1.82, 2.24) is 5.32 Å². The number of esters is 1. The van der Waals surface area contributed by atoms with E-state index in [1.807, 2.05) is 6.07 Å². The Hall–Kier alpha value is -2.00. The van der Waals surface area contributed by atoms with E-state index in [2.05, 4.69) is 21.2 Å². The molecule has 0 aliphatic rings. The Morgan fingerprint density at radius 3 is 2.38 bits per heavy atom. The van der Waals surface area contributed by atoms with Crippen molar-refractivity contribution in [3.63, 3.8) is 0 Å². The largest absolute Gasteiger partial charge is 0.496 e. The second-order valence-electron chi connectivity index (χ2n) is 5.76. The summed E-state index contributed by atoms with van der Waals surface area (Å²) in [6, 6.07) is 2.87. The summed E-state index contributed by atoms with van der Waals surface area (Å²) in [5.41, 5.74) is 6.49. The lowest BCUT2D eigenvalue weighted by molar-refractivity contribution is -0.154. The second-order valence-corrected chi connectivity index (χ2v) is 6.61. The molecule has 0 saturated carbocycles. The lowest BCUT2D eigenvalue weighted by Gasteiger charge is -2.15. The van der Waals surface area contributed by atoms with E-state index in [1.165, 1.54) is 0 Å². The van der Waals surface area contributed by atoms with Gasteiger partial charge in [0.05, 0.1) is 18.7 Å². The maximum absolute atomic E-state index is 11.6. The minimum atomic E-state index is -0.749. The molecule has 8 nitrogen and oxygen atoms in total. The van der Waals surface area contributed by atoms with E-state index in [9.17, 15) is 9.59 Å². The fraction of sp³-hybridized carbons (Fsp3) is 0.529. The van der Waals surface area contributed by atoms with Gasteiger partial charge in [-0.05, 0) is 46.0 Å². The van der Waals surface area contributed by atoms with Crippen molar-refractivity contribution in [3.8, 4) is 11.5 Å². The number of nitrogens with two attached hydrogens (primary N) is 1. The highest BCUT2D eigenvalue weighted by atomic mass is 79.9. The predicted molar refractivity (Wildman–Crippen MR) is 99.2 cm³/mol. The number of halogens is 1. The van der Waals surface area contributed by atoms with Gasteiger partial charge in [-0.15, -0.1) is 0 Å². The van der Waals surface area contributed by atoms with Crippen LogP contribution >= 0.6 is 15.9 Å². The molecular formula is C17H25BrN2O6. The van der Waals surface area contributed by atoms with Crippen LogP contribution in [-0.2, 0) is 20.7 Å². The summed E-state index contributed by atoms with van der Waals surface area (Å²) in [5.74, 6) is 0.662. The number of carbonyl (C=O) groups is 2. The van der Waals surface area contributed by atoms with E-state index < -0.39 is 24.9 Å². The van der Waals surface area contributed by atoms with E-state index >= 15 is 0 Å². The fourth-order valence-electron chi connectivity index (χ4n) is 1.98. The summed E-state index contributed by atoms with van der Waals surface area (Å²) in [6.07, 6.45) is -0.195. The molecule has 0 spiro atoms. The maximum atomic E-state index is 11.6. The normalized spacial score (nSPS) is 11.7. The van der Waals surface area contributed by atoms with Crippen LogP contribution in [0.3, 0.4) is 0 Å². The van der Waals surface area contributed by atoms with E-state index in [1.54, 1.807) is 34.1 Å². The molecule has 0 saturated heterocycles. The number of hydrogen-bond acceptors (Lipinski definition) is 7. The highest BCUT2D eigenvalue weighted by molar-refractivity contribution is 9.10. The number of methoxy groups -OCH3 is 2. The van der Waals surface area contributed by atoms with Crippen molar-refractivity contribution in [3.05, 3.63) is 22.2 Å². The number of benzene rings is 1. The lowest BCUT2D eigenvalue weighted by atomic mass is 10.1. The van der Waals surface area contributed by atoms with Gasteiger partial charge < -0.3 is 30.0 Å². The molecule has 3 N–H and O–H groups in total. The molecular weight excluding hydrogens is 408 g/mol. The average molecular weight is 433 g/mol. The van der Waals surface area contributed by atoms with Crippen LogP contribution in [0.25, 0.3) is 0 Å². The summed E-state index contributed by atoms with van der Waals surface area (Å²) in [5, 5.41) is 2.57. The molecule has 26 heavy (non-hydrogen) atoms. The molecule has 1 unspecified atom stereocenters. The van der Waals surface area contributed by atoms with Crippen molar-refractivity contribution in [2.45, 2.75) is 26.3 Å². The Balaban J connectivity index is 2.41. The van der Waals surface area contributed by atoms with Crippen molar-refractivity contribution >= 4 is 28.0 Å². The molecule has 0 aromatic heterocycles. The van der Waals surface area contributed by atoms with Crippen LogP contribution in [0.1, 0.15) is 19.4 Å². The molecule has 0 bridgehead atoms. The molecule has 146 valence electrons. The first-order chi connectivity index (χ1) is 12.3. The third kappa shape index (κ3) is 6.72. The third-order valence-electron chi connectivity index (χ3n) is 3.60. The minimum absolute atomic E-state index is 0.0609. The predicted octanol–water partition coefficient (Wildman–Crippen LogP) is 2.22. The quantitative estimate of drug-likeness (QED) is 0.454. The SMILES string of the molecule is COc1cc(CCNC(=O)OCOC(=O)C(N)C(C)C)c(OC)cc1Br. The minimum Gasteiger partial charge on any atom is -0.496 e. The average Bonchev–Trinajstić information content (AvgIpc) is 2.61. The van der Waals surface area contributed by atoms with Gasteiger partial charge in [0.1, 0.15) is 17.5 Å². The first-order valence-corrected chi connectivity index (χ1v) is 8.82. The molecule has 1 aromatic carbocycles. The summed E-state index contributed by atoms with van der Waals surface area (Å²) in [6.45, 7) is 3.41. The standard InChI is InChI=1S/C17H25BrN2O6/c1-10(2)15(19)16(21)25-9-26-17(22)20-6-5-11-7-14(24-4)12(18)8-13(11)23-3/h7-8,10,15H,5-6,9,19H2,1-4H3,(H,20,22). The number of rotatable bonds is 9. The smallest absolute Gasteiger partial charge is 0.410 e. The second kappa shape index (κ2) is 10.9. The Morgan fingerprint density at radius 2 is 1.81 bits per heavy atom. The topological polar surface area (TPSA) is 109 Å². The Bertz CT molecular complexity index is 624. The van der Waals surface area contributed by atoms with E-state index in [0.29, 0.717) is 24.5 Å². The Morgan fingerprint density at radius 1 is 1.15 bits per heavy atom. The first-order valence-electron chi connectivity index (χ1n) is 8.03. The van der Waals surface area contributed by atoms with Gasteiger partial charge in [0, 0.05) is 6.54 Å². The zero-order valence-electron chi connectivity index (χ0n) is 15.3. The number of carbonyl (C=O) groups excluding carboxylic acids is 2.